The van der Waals surface area contributed by atoms with Crippen LogP contribution in [0.2, 0.25) is 0 Å². The van der Waals surface area contributed by atoms with Crippen LogP contribution in [-0.4, -0.2) is 27.0 Å². The summed E-state index contributed by atoms with van der Waals surface area (Å²) in [5.41, 5.74) is 2.68. The van der Waals surface area contributed by atoms with E-state index in [1.807, 2.05) is 30.3 Å². The number of rotatable bonds is 3. The van der Waals surface area contributed by atoms with E-state index in [0.717, 1.165) is 44.9 Å². The van der Waals surface area contributed by atoms with E-state index in [4.69, 9.17) is 14.5 Å². The summed E-state index contributed by atoms with van der Waals surface area (Å²) in [6.45, 7) is 0.252. The van der Waals surface area contributed by atoms with Crippen molar-refractivity contribution in [1.29, 1.82) is 0 Å². The van der Waals surface area contributed by atoms with Gasteiger partial charge in [-0.25, -0.2) is 9.97 Å². The van der Waals surface area contributed by atoms with Crippen molar-refractivity contribution < 1.29 is 9.47 Å². The number of ether oxygens (including phenoxy) is 2. The first-order chi connectivity index (χ1) is 13.9. The Kier molecular flexibility index (Phi) is 3.26. The molecule has 136 valence electrons. The molecule has 7 nitrogen and oxygen atoms in total. The number of hydrogen-bond acceptors (Lipinski definition) is 7. The first-order valence-corrected chi connectivity index (χ1v) is 9.57. The molecule has 2 N–H and O–H groups in total. The van der Waals surface area contributed by atoms with Gasteiger partial charge in [-0.15, -0.1) is 11.3 Å². The summed E-state index contributed by atoms with van der Waals surface area (Å²) in [6.07, 6.45) is 1.50. The van der Waals surface area contributed by atoms with E-state index in [2.05, 4.69) is 38.0 Å². The van der Waals surface area contributed by atoms with Crippen LogP contribution >= 0.6 is 11.3 Å². The van der Waals surface area contributed by atoms with Gasteiger partial charge in [-0.1, -0.05) is 12.1 Å². The lowest BCUT2D eigenvalue weighted by atomic mass is 10.1. The fraction of sp³-hybridized carbons (Fsp3) is 0.0500. The molecule has 0 saturated carbocycles. The average molecular weight is 387 g/mol. The Labute approximate surface area is 163 Å². The smallest absolute Gasteiger partial charge is 0.231 e. The number of H-pyrrole nitrogens is 1. The highest BCUT2D eigenvalue weighted by molar-refractivity contribution is 7.18. The molecule has 1 aliphatic heterocycles. The van der Waals surface area contributed by atoms with E-state index in [1.165, 1.54) is 11.0 Å². The molecule has 0 aliphatic carbocycles. The van der Waals surface area contributed by atoms with Gasteiger partial charge in [0.25, 0.3) is 0 Å². The Morgan fingerprint density at radius 3 is 2.93 bits per heavy atom. The summed E-state index contributed by atoms with van der Waals surface area (Å²) < 4.78 is 12.1. The fourth-order valence-electron chi connectivity index (χ4n) is 3.46. The molecule has 8 heteroatoms. The third kappa shape index (κ3) is 2.31. The molecule has 6 rings (SSSR count). The zero-order valence-electron chi connectivity index (χ0n) is 14.5. The highest BCUT2D eigenvalue weighted by atomic mass is 32.1. The van der Waals surface area contributed by atoms with Crippen LogP contribution in [0.25, 0.3) is 32.4 Å². The Bertz CT molecular complexity index is 1330. The zero-order valence-corrected chi connectivity index (χ0v) is 15.3. The number of benzene rings is 2. The number of aromatic nitrogens is 4. The van der Waals surface area contributed by atoms with Crippen molar-refractivity contribution in [2.45, 2.75) is 0 Å². The van der Waals surface area contributed by atoms with Crippen LogP contribution in [0.4, 0.5) is 11.5 Å². The number of pyridine rings is 1. The summed E-state index contributed by atoms with van der Waals surface area (Å²) >= 11 is 1.70. The largest absolute Gasteiger partial charge is 0.454 e. The number of aromatic amines is 1. The molecule has 0 fully saturated rings. The number of hydrogen-bond donors (Lipinski definition) is 2. The fourth-order valence-corrected chi connectivity index (χ4v) is 4.38. The molecule has 0 amide bonds. The summed E-state index contributed by atoms with van der Waals surface area (Å²) in [5, 5.41) is 14.6. The van der Waals surface area contributed by atoms with Crippen LogP contribution in [0.15, 0.2) is 54.2 Å². The summed E-state index contributed by atoms with van der Waals surface area (Å²) in [6, 6.07) is 14.0. The minimum Gasteiger partial charge on any atom is -0.454 e. The van der Waals surface area contributed by atoms with Gasteiger partial charge in [0.2, 0.25) is 6.79 Å². The van der Waals surface area contributed by atoms with Gasteiger partial charge in [0.05, 0.1) is 5.52 Å². The standard InChI is InChI=1S/C20H13N5O2S/c1-2-12-17(13(3-1)19-21-9-22-25-19)24-20(14-6-7-28-18(12)14)23-11-4-5-15-16(8-11)27-10-26-15/h1-9H,10H2,(H,23,24)(H,21,22,25). The number of nitrogens with zero attached hydrogens (tertiary/aromatic N) is 3. The Balaban J connectivity index is 1.55. The van der Waals surface area contributed by atoms with Crippen molar-refractivity contribution >= 4 is 43.8 Å². The van der Waals surface area contributed by atoms with Crippen LogP contribution in [0.1, 0.15) is 0 Å². The second-order valence-electron chi connectivity index (χ2n) is 6.35. The minimum absolute atomic E-state index is 0.252. The maximum atomic E-state index is 5.49. The molecule has 0 atom stereocenters. The van der Waals surface area contributed by atoms with Gasteiger partial charge in [-0.2, -0.15) is 5.10 Å². The average Bonchev–Trinajstić information content (AvgIpc) is 3.48. The van der Waals surface area contributed by atoms with Gasteiger partial charge < -0.3 is 14.8 Å². The first kappa shape index (κ1) is 15.4. The molecule has 0 radical (unpaired) electrons. The number of anilines is 2. The summed E-state index contributed by atoms with van der Waals surface area (Å²) in [7, 11) is 0. The lowest BCUT2D eigenvalue weighted by molar-refractivity contribution is 0.174. The van der Waals surface area contributed by atoms with Crippen molar-refractivity contribution in [2.75, 3.05) is 12.1 Å². The van der Waals surface area contributed by atoms with Gasteiger partial charge in [-0.3, -0.25) is 5.10 Å². The molecule has 4 heterocycles. The monoisotopic (exact) mass is 387 g/mol. The van der Waals surface area contributed by atoms with E-state index in [-0.39, 0.29) is 6.79 Å². The molecular weight excluding hydrogens is 374 g/mol. The molecular formula is C20H13N5O2S. The van der Waals surface area contributed by atoms with Crippen molar-refractivity contribution in [3.05, 3.63) is 54.2 Å². The molecule has 0 saturated heterocycles. The lowest BCUT2D eigenvalue weighted by Gasteiger charge is -2.11. The molecule has 5 aromatic rings. The van der Waals surface area contributed by atoms with Crippen LogP contribution in [0, 0.1) is 0 Å². The molecule has 0 bridgehead atoms. The SMILES string of the molecule is c1cc(-c2ncn[nH]2)c2nc(Nc3ccc4c(c3)OCO4)c3ccsc3c2c1. The van der Waals surface area contributed by atoms with E-state index in [9.17, 15) is 0 Å². The highest BCUT2D eigenvalue weighted by Crippen LogP contribution is 2.39. The Morgan fingerprint density at radius 1 is 1.04 bits per heavy atom. The highest BCUT2D eigenvalue weighted by Gasteiger charge is 2.17. The van der Waals surface area contributed by atoms with Crippen molar-refractivity contribution in [3.63, 3.8) is 0 Å². The maximum absolute atomic E-state index is 5.49. The molecule has 0 spiro atoms. The number of nitrogens with one attached hydrogen (secondary N) is 2. The van der Waals surface area contributed by atoms with Crippen LogP contribution in [0.3, 0.4) is 0 Å². The molecule has 2 aromatic carbocycles. The van der Waals surface area contributed by atoms with Crippen molar-refractivity contribution in [3.8, 4) is 22.9 Å². The number of para-hydroxylation sites is 1. The third-order valence-corrected chi connectivity index (χ3v) is 5.68. The van der Waals surface area contributed by atoms with Gasteiger partial charge in [0.1, 0.15) is 12.1 Å². The zero-order chi connectivity index (χ0) is 18.5. The van der Waals surface area contributed by atoms with Gasteiger partial charge in [0, 0.05) is 32.8 Å². The van der Waals surface area contributed by atoms with Crippen LogP contribution < -0.4 is 14.8 Å². The molecule has 3 aromatic heterocycles. The van der Waals surface area contributed by atoms with Gasteiger partial charge in [-0.05, 0) is 29.6 Å². The molecule has 28 heavy (non-hydrogen) atoms. The quantitative estimate of drug-likeness (QED) is 0.466. The summed E-state index contributed by atoms with van der Waals surface area (Å²) in [5.74, 6) is 2.97. The van der Waals surface area contributed by atoms with E-state index < -0.39 is 0 Å². The first-order valence-electron chi connectivity index (χ1n) is 8.69. The second kappa shape index (κ2) is 5.93. The van der Waals surface area contributed by atoms with E-state index in [0.29, 0.717) is 5.82 Å². The molecule has 1 aliphatic rings. The number of thiophene rings is 1. The topological polar surface area (TPSA) is 85.0 Å². The Morgan fingerprint density at radius 2 is 2.00 bits per heavy atom. The number of fused-ring (bicyclic) bond motifs is 4. The second-order valence-corrected chi connectivity index (χ2v) is 7.27. The van der Waals surface area contributed by atoms with Crippen LogP contribution in [-0.2, 0) is 0 Å². The third-order valence-electron chi connectivity index (χ3n) is 4.73. The van der Waals surface area contributed by atoms with Gasteiger partial charge >= 0.3 is 0 Å². The van der Waals surface area contributed by atoms with E-state index in [1.54, 1.807) is 11.3 Å². The Hall–Kier alpha value is -3.65. The lowest BCUT2D eigenvalue weighted by Crippen LogP contribution is -1.96. The maximum Gasteiger partial charge on any atom is 0.231 e. The predicted octanol–water partition coefficient (Wildman–Crippen LogP) is 4.71. The van der Waals surface area contributed by atoms with E-state index >= 15 is 0 Å². The van der Waals surface area contributed by atoms with Crippen molar-refractivity contribution in [2.24, 2.45) is 0 Å². The van der Waals surface area contributed by atoms with Gasteiger partial charge in [0.15, 0.2) is 17.3 Å². The van der Waals surface area contributed by atoms with Crippen molar-refractivity contribution in [1.82, 2.24) is 20.2 Å². The minimum atomic E-state index is 0.252. The molecule has 0 unspecified atom stereocenters. The summed E-state index contributed by atoms with van der Waals surface area (Å²) in [4.78, 5) is 9.26. The van der Waals surface area contributed by atoms with Crippen LogP contribution in [0.5, 0.6) is 11.5 Å². The normalized spacial score (nSPS) is 12.7. The predicted molar refractivity (Wildman–Crippen MR) is 108 cm³/mol.